The van der Waals surface area contributed by atoms with Gasteiger partial charge < -0.3 is 15.0 Å². The number of hydrogen-bond donors (Lipinski definition) is 1. The third-order valence-electron chi connectivity index (χ3n) is 4.71. The molecular weight excluding hydrogens is 388 g/mol. The molecule has 2 aromatic carbocycles. The van der Waals surface area contributed by atoms with Crippen LogP contribution in [0.25, 0.3) is 0 Å². The van der Waals surface area contributed by atoms with Crippen molar-refractivity contribution in [3.05, 3.63) is 65.7 Å². The Morgan fingerprint density at radius 3 is 2.48 bits per heavy atom. The summed E-state index contributed by atoms with van der Waals surface area (Å²) < 4.78 is 29.8. The van der Waals surface area contributed by atoms with Crippen molar-refractivity contribution in [2.45, 2.75) is 18.9 Å². The lowest BCUT2D eigenvalue weighted by Crippen LogP contribution is -2.37. The van der Waals surface area contributed by atoms with Gasteiger partial charge in [0.25, 0.3) is 0 Å². The molecule has 6 nitrogen and oxygen atoms in total. The largest absolute Gasteiger partial charge is 0.497 e. The Morgan fingerprint density at radius 2 is 1.83 bits per heavy atom. The van der Waals surface area contributed by atoms with Crippen LogP contribution in [0.3, 0.4) is 0 Å². The van der Waals surface area contributed by atoms with Crippen molar-refractivity contribution in [3.8, 4) is 5.75 Å². The number of methoxy groups -OCH3 is 1. The van der Waals surface area contributed by atoms with E-state index in [9.17, 15) is 13.2 Å². The maximum absolute atomic E-state index is 12.3. The zero-order chi connectivity index (χ0) is 21.3. The fraction of sp³-hybridized carbons (Fsp3) is 0.409. The maximum Gasteiger partial charge on any atom is 0.235 e. The summed E-state index contributed by atoms with van der Waals surface area (Å²) in [7, 11) is 1.99. The van der Waals surface area contributed by atoms with Gasteiger partial charge in [-0.25, -0.2) is 8.42 Å². The van der Waals surface area contributed by atoms with E-state index in [-0.39, 0.29) is 11.8 Å². The van der Waals surface area contributed by atoms with E-state index in [0.717, 1.165) is 16.9 Å². The van der Waals surface area contributed by atoms with Crippen LogP contribution in [-0.4, -0.2) is 58.5 Å². The van der Waals surface area contributed by atoms with Crippen LogP contribution in [0.15, 0.2) is 54.6 Å². The number of carbonyl (C=O) groups excluding carboxylic acids is 1. The molecule has 7 heteroatoms. The van der Waals surface area contributed by atoms with Gasteiger partial charge in [-0.3, -0.25) is 4.79 Å². The summed E-state index contributed by atoms with van der Waals surface area (Å²) >= 11 is 0. The highest BCUT2D eigenvalue weighted by Crippen LogP contribution is 2.22. The predicted octanol–water partition coefficient (Wildman–Crippen LogP) is 2.46. The number of sulfone groups is 1. The van der Waals surface area contributed by atoms with Crippen LogP contribution >= 0.6 is 0 Å². The zero-order valence-corrected chi connectivity index (χ0v) is 18.1. The molecule has 0 aliphatic carbocycles. The molecule has 0 radical (unpaired) electrons. The quantitative estimate of drug-likeness (QED) is 0.607. The lowest BCUT2D eigenvalue weighted by Gasteiger charge is -2.25. The van der Waals surface area contributed by atoms with Gasteiger partial charge >= 0.3 is 0 Å². The number of nitrogens with zero attached hydrogens (tertiary/aromatic N) is 1. The molecule has 2 rings (SSSR count). The molecule has 0 aromatic heterocycles. The summed E-state index contributed by atoms with van der Waals surface area (Å²) in [6, 6.07) is 17.3. The van der Waals surface area contributed by atoms with Crippen LogP contribution in [0, 0.1) is 0 Å². The monoisotopic (exact) mass is 418 g/mol. The molecule has 158 valence electrons. The van der Waals surface area contributed by atoms with Crippen LogP contribution in [0.1, 0.15) is 23.6 Å². The Kier molecular flexibility index (Phi) is 8.67. The summed E-state index contributed by atoms with van der Waals surface area (Å²) in [6.07, 6.45) is 1.18. The number of ether oxygens (including phenoxy) is 1. The summed E-state index contributed by atoms with van der Waals surface area (Å²) in [5, 5.41) is 2.76. The summed E-state index contributed by atoms with van der Waals surface area (Å²) in [4.78, 5) is 14.2. The first-order valence-electron chi connectivity index (χ1n) is 9.62. The maximum atomic E-state index is 12.3. The first-order valence-corrected chi connectivity index (χ1v) is 11.4. The second kappa shape index (κ2) is 11.0. The van der Waals surface area contributed by atoms with Crippen molar-refractivity contribution in [3.63, 3.8) is 0 Å². The normalized spacial score (nSPS) is 12.6. The van der Waals surface area contributed by atoms with Crippen molar-refractivity contribution >= 4 is 15.7 Å². The third-order valence-corrected chi connectivity index (χ3v) is 6.32. The van der Waals surface area contributed by atoms with Gasteiger partial charge in [0, 0.05) is 6.54 Å². The fourth-order valence-corrected chi connectivity index (χ4v) is 4.35. The minimum absolute atomic E-state index is 0.00229. The van der Waals surface area contributed by atoms with E-state index in [1.807, 2.05) is 73.6 Å². The Labute approximate surface area is 173 Å². The van der Waals surface area contributed by atoms with Crippen LogP contribution < -0.4 is 10.1 Å². The molecular formula is C22H30N2O4S. The summed E-state index contributed by atoms with van der Waals surface area (Å²) in [6.45, 7) is 0.318. The number of hydrogen-bond acceptors (Lipinski definition) is 5. The van der Waals surface area contributed by atoms with E-state index in [1.54, 1.807) is 7.11 Å². The molecule has 2 aromatic rings. The summed E-state index contributed by atoms with van der Waals surface area (Å²) in [5.74, 6) is -0.219. The third kappa shape index (κ3) is 7.87. The smallest absolute Gasteiger partial charge is 0.235 e. The van der Waals surface area contributed by atoms with Gasteiger partial charge in [-0.15, -0.1) is 0 Å². The average Bonchev–Trinajstić information content (AvgIpc) is 2.68. The Hall–Kier alpha value is -2.38. The molecule has 0 aliphatic heterocycles. The van der Waals surface area contributed by atoms with Crippen molar-refractivity contribution in [1.82, 2.24) is 10.2 Å². The Bertz CT molecular complexity index is 883. The molecule has 1 unspecified atom stereocenters. The number of nitrogens with one attached hydrogen (secondary N) is 1. The second-order valence-corrected chi connectivity index (χ2v) is 9.43. The first kappa shape index (κ1) is 22.9. The highest BCUT2D eigenvalue weighted by atomic mass is 32.2. The predicted molar refractivity (Wildman–Crippen MR) is 116 cm³/mol. The zero-order valence-electron chi connectivity index (χ0n) is 17.3. The highest BCUT2D eigenvalue weighted by Gasteiger charge is 2.20. The topological polar surface area (TPSA) is 75.7 Å². The van der Waals surface area contributed by atoms with Gasteiger partial charge in [-0.2, -0.15) is 0 Å². The molecule has 1 N–H and O–H groups in total. The minimum atomic E-state index is -3.44. The number of rotatable bonds is 11. The van der Waals surface area contributed by atoms with E-state index in [1.165, 1.54) is 0 Å². The number of likely N-dealkylation sites (N-methyl/N-ethyl adjacent to an activating group) is 1. The Morgan fingerprint density at radius 1 is 1.10 bits per heavy atom. The van der Waals surface area contributed by atoms with E-state index >= 15 is 0 Å². The van der Waals surface area contributed by atoms with E-state index in [4.69, 9.17) is 4.74 Å². The minimum Gasteiger partial charge on any atom is -0.497 e. The first-order chi connectivity index (χ1) is 13.8. The van der Waals surface area contributed by atoms with Gasteiger partial charge in [0.15, 0.2) is 9.84 Å². The van der Waals surface area contributed by atoms with Gasteiger partial charge in [0.1, 0.15) is 11.5 Å². The van der Waals surface area contributed by atoms with Crippen molar-refractivity contribution in [2.75, 3.05) is 39.3 Å². The summed E-state index contributed by atoms with van der Waals surface area (Å²) in [5.41, 5.74) is 2.08. The molecule has 0 saturated carbocycles. The van der Waals surface area contributed by atoms with E-state index in [0.29, 0.717) is 19.4 Å². The van der Waals surface area contributed by atoms with Crippen LogP contribution in [-0.2, 0) is 21.1 Å². The molecule has 0 spiro atoms. The molecule has 0 bridgehead atoms. The SMILES string of the molecule is COc1cccc(C(CNC(=O)CS(=O)(=O)CCCc2ccccc2)N(C)C)c1. The fourth-order valence-electron chi connectivity index (χ4n) is 3.12. The molecule has 0 saturated heterocycles. The molecule has 1 amide bonds. The molecule has 1 atom stereocenters. The highest BCUT2D eigenvalue weighted by molar-refractivity contribution is 7.92. The van der Waals surface area contributed by atoms with Gasteiger partial charge in [0.05, 0.1) is 18.9 Å². The number of aryl methyl sites for hydroxylation is 1. The molecule has 0 fully saturated rings. The number of carbonyl (C=O) groups is 1. The lowest BCUT2D eigenvalue weighted by molar-refractivity contribution is -0.118. The average molecular weight is 419 g/mol. The van der Waals surface area contributed by atoms with Gasteiger partial charge in [0.2, 0.25) is 5.91 Å². The Balaban J connectivity index is 1.85. The van der Waals surface area contributed by atoms with Crippen LogP contribution in [0.4, 0.5) is 0 Å². The van der Waals surface area contributed by atoms with Crippen molar-refractivity contribution in [2.24, 2.45) is 0 Å². The molecule has 29 heavy (non-hydrogen) atoms. The number of benzene rings is 2. The van der Waals surface area contributed by atoms with Crippen molar-refractivity contribution in [1.29, 1.82) is 0 Å². The molecule has 0 aliphatic rings. The number of amides is 1. The van der Waals surface area contributed by atoms with Gasteiger partial charge in [-0.05, 0) is 50.2 Å². The van der Waals surface area contributed by atoms with E-state index < -0.39 is 21.5 Å². The van der Waals surface area contributed by atoms with Crippen LogP contribution in [0.5, 0.6) is 5.75 Å². The standard InChI is InChI=1S/C22H30N2O4S/c1-24(2)21(19-12-7-13-20(15-19)28-3)16-23-22(25)17-29(26,27)14-8-11-18-9-5-4-6-10-18/h4-7,9-10,12-13,15,21H,8,11,14,16-17H2,1-3H3,(H,23,25). The van der Waals surface area contributed by atoms with Gasteiger partial charge in [-0.1, -0.05) is 42.5 Å². The lowest BCUT2D eigenvalue weighted by atomic mass is 10.1. The second-order valence-electron chi connectivity index (χ2n) is 7.24. The van der Waals surface area contributed by atoms with E-state index in [2.05, 4.69) is 5.32 Å². The molecule has 0 heterocycles. The van der Waals surface area contributed by atoms with Crippen molar-refractivity contribution < 1.29 is 17.9 Å². The van der Waals surface area contributed by atoms with Crippen LogP contribution in [0.2, 0.25) is 0 Å².